The van der Waals surface area contributed by atoms with Crippen LogP contribution in [0.4, 0.5) is 0 Å². The van der Waals surface area contributed by atoms with Crippen molar-refractivity contribution < 1.29 is 24.5 Å². The number of thioether (sulfide) groups is 1. The van der Waals surface area contributed by atoms with E-state index in [1.54, 1.807) is 25.3 Å². The van der Waals surface area contributed by atoms with Crippen LogP contribution in [-0.4, -0.2) is 63.0 Å². The molecular formula is C26H28N2O7S. The Labute approximate surface area is 211 Å². The van der Waals surface area contributed by atoms with Crippen LogP contribution < -0.4 is 16.0 Å². The van der Waals surface area contributed by atoms with Crippen LogP contribution in [0.3, 0.4) is 0 Å². The number of benzene rings is 2. The van der Waals surface area contributed by atoms with Gasteiger partial charge in [0.05, 0.1) is 38.2 Å². The molecule has 2 atom stereocenters. The fraction of sp³-hybridized carbons (Fsp3) is 0.346. The van der Waals surface area contributed by atoms with E-state index in [-0.39, 0.29) is 17.7 Å². The summed E-state index contributed by atoms with van der Waals surface area (Å²) in [6.07, 6.45) is 1.42. The number of carbonyl (C=O) groups excluding carboxylic acids is 1. The molecule has 2 aromatic carbocycles. The van der Waals surface area contributed by atoms with Crippen molar-refractivity contribution in [3.63, 3.8) is 0 Å². The Morgan fingerprint density at radius 3 is 2.39 bits per heavy atom. The second-order valence-corrected chi connectivity index (χ2v) is 9.78. The Morgan fingerprint density at radius 1 is 1.11 bits per heavy atom. The number of aliphatic hydroxyl groups excluding tert-OH is 2. The molecule has 36 heavy (non-hydrogen) atoms. The molecule has 9 nitrogen and oxygen atoms in total. The quantitative estimate of drug-likeness (QED) is 0.467. The summed E-state index contributed by atoms with van der Waals surface area (Å²) in [5.41, 5.74) is -1.40. The lowest BCUT2D eigenvalue weighted by Crippen LogP contribution is -2.50. The summed E-state index contributed by atoms with van der Waals surface area (Å²) >= 11 is 1.42. The van der Waals surface area contributed by atoms with Gasteiger partial charge in [0.2, 0.25) is 0 Å². The Hall–Kier alpha value is -3.18. The lowest BCUT2D eigenvalue weighted by Gasteiger charge is -2.32. The zero-order valence-electron chi connectivity index (χ0n) is 20.0. The van der Waals surface area contributed by atoms with Crippen molar-refractivity contribution in [3.05, 3.63) is 98.3 Å². The molecule has 0 aliphatic carbocycles. The van der Waals surface area contributed by atoms with Gasteiger partial charge in [0.1, 0.15) is 11.4 Å². The first-order valence-corrected chi connectivity index (χ1v) is 12.4. The molecule has 4 rings (SSSR count). The predicted octanol–water partition coefficient (Wildman–Crippen LogP) is 1.61. The molecule has 2 heterocycles. The lowest BCUT2D eigenvalue weighted by atomic mass is 9.99. The summed E-state index contributed by atoms with van der Waals surface area (Å²) in [4.78, 5) is 39.5. The number of rotatable bonds is 8. The molecule has 0 unspecified atom stereocenters. The van der Waals surface area contributed by atoms with Crippen LogP contribution in [0.1, 0.15) is 27.5 Å². The number of hydrogen-bond acceptors (Lipinski definition) is 8. The maximum absolute atomic E-state index is 13.5. The van der Waals surface area contributed by atoms with E-state index < -0.39 is 47.3 Å². The van der Waals surface area contributed by atoms with Crippen molar-refractivity contribution >= 4 is 17.7 Å². The first-order valence-electron chi connectivity index (χ1n) is 11.4. The molecule has 0 spiro atoms. The molecule has 190 valence electrons. The van der Waals surface area contributed by atoms with E-state index in [4.69, 9.17) is 9.47 Å². The summed E-state index contributed by atoms with van der Waals surface area (Å²) in [6, 6.07) is 15.0. The van der Waals surface area contributed by atoms with Gasteiger partial charge in [-0.1, -0.05) is 30.3 Å². The number of hydrogen-bond donors (Lipinski definition) is 2. The van der Waals surface area contributed by atoms with E-state index >= 15 is 0 Å². The molecule has 1 fully saturated rings. The monoisotopic (exact) mass is 512 g/mol. The van der Waals surface area contributed by atoms with Crippen LogP contribution >= 0.6 is 11.8 Å². The zero-order valence-corrected chi connectivity index (χ0v) is 20.8. The molecule has 1 aliphatic heterocycles. The Morgan fingerprint density at radius 2 is 1.78 bits per heavy atom. The van der Waals surface area contributed by atoms with Crippen molar-refractivity contribution in [1.29, 1.82) is 0 Å². The van der Waals surface area contributed by atoms with Crippen molar-refractivity contribution in [3.8, 4) is 5.75 Å². The molecule has 0 saturated carbocycles. The summed E-state index contributed by atoms with van der Waals surface area (Å²) in [5.74, 6) is 0.505. The summed E-state index contributed by atoms with van der Waals surface area (Å²) in [6.45, 7) is 0.624. The van der Waals surface area contributed by atoms with Crippen molar-refractivity contribution in [2.45, 2.75) is 29.6 Å². The molecule has 0 radical (unpaired) electrons. The molecule has 2 N–H and O–H groups in total. The van der Waals surface area contributed by atoms with Crippen molar-refractivity contribution in [2.24, 2.45) is 0 Å². The second kappa shape index (κ2) is 10.8. The SMILES string of the molecule is COc1ccc(CS[C@H]2[C@H](n3cc(C)c(=O)n(C(=O)c4ccccc4)c3=O)COC2(CO)CO)cc1. The summed E-state index contributed by atoms with van der Waals surface area (Å²) < 4.78 is 13.0. The fourth-order valence-electron chi connectivity index (χ4n) is 4.31. The van der Waals surface area contributed by atoms with Crippen LogP contribution in [0.5, 0.6) is 5.75 Å². The number of ether oxygens (including phenoxy) is 2. The van der Waals surface area contributed by atoms with Crippen LogP contribution in [0.2, 0.25) is 0 Å². The Bertz CT molecular complexity index is 1330. The minimum Gasteiger partial charge on any atom is -0.497 e. The lowest BCUT2D eigenvalue weighted by molar-refractivity contribution is -0.0693. The molecule has 1 aliphatic rings. The van der Waals surface area contributed by atoms with Gasteiger partial charge in [-0.15, -0.1) is 11.8 Å². The van der Waals surface area contributed by atoms with Crippen LogP contribution in [0, 0.1) is 6.92 Å². The van der Waals surface area contributed by atoms with Gasteiger partial charge in [-0.2, -0.15) is 4.57 Å². The van der Waals surface area contributed by atoms with Crippen LogP contribution in [0.15, 0.2) is 70.4 Å². The van der Waals surface area contributed by atoms with E-state index in [0.29, 0.717) is 10.3 Å². The number of aromatic nitrogens is 2. The average molecular weight is 513 g/mol. The van der Waals surface area contributed by atoms with E-state index in [0.717, 1.165) is 11.3 Å². The molecule has 1 saturated heterocycles. The molecule has 1 aromatic heterocycles. The van der Waals surface area contributed by atoms with Crippen LogP contribution in [-0.2, 0) is 10.5 Å². The normalized spacial score (nSPS) is 18.8. The maximum atomic E-state index is 13.5. The highest BCUT2D eigenvalue weighted by Crippen LogP contribution is 2.42. The first-order chi connectivity index (χ1) is 17.3. The number of carbonyl (C=O) groups is 1. The van der Waals surface area contributed by atoms with Gasteiger partial charge in [-0.25, -0.2) is 4.79 Å². The highest BCUT2D eigenvalue weighted by atomic mass is 32.2. The third kappa shape index (κ3) is 4.77. The fourth-order valence-corrected chi connectivity index (χ4v) is 5.83. The van der Waals surface area contributed by atoms with E-state index in [1.807, 2.05) is 24.3 Å². The predicted molar refractivity (Wildman–Crippen MR) is 136 cm³/mol. The Kier molecular flexibility index (Phi) is 7.79. The Balaban J connectivity index is 1.73. The number of methoxy groups -OCH3 is 1. The van der Waals surface area contributed by atoms with Crippen LogP contribution in [0.25, 0.3) is 0 Å². The molecule has 3 aromatic rings. The topological polar surface area (TPSA) is 120 Å². The number of aliphatic hydroxyl groups is 2. The third-order valence-electron chi connectivity index (χ3n) is 6.40. The van der Waals surface area contributed by atoms with Gasteiger partial charge in [0, 0.05) is 23.1 Å². The van der Waals surface area contributed by atoms with Crippen molar-refractivity contribution in [2.75, 3.05) is 26.9 Å². The van der Waals surface area contributed by atoms with E-state index in [9.17, 15) is 24.6 Å². The van der Waals surface area contributed by atoms with Crippen molar-refractivity contribution in [1.82, 2.24) is 9.13 Å². The van der Waals surface area contributed by atoms with E-state index in [1.165, 1.54) is 41.6 Å². The minimum absolute atomic E-state index is 0.0124. The van der Waals surface area contributed by atoms with Gasteiger partial charge in [-0.05, 0) is 36.8 Å². The zero-order chi connectivity index (χ0) is 25.9. The van der Waals surface area contributed by atoms with Gasteiger partial charge in [0.25, 0.3) is 11.5 Å². The summed E-state index contributed by atoms with van der Waals surface area (Å²) in [5, 5.41) is 19.8. The first kappa shape index (κ1) is 25.9. The van der Waals surface area contributed by atoms with Gasteiger partial charge in [-0.3, -0.25) is 14.2 Å². The summed E-state index contributed by atoms with van der Waals surface area (Å²) in [7, 11) is 1.59. The van der Waals surface area contributed by atoms with Gasteiger partial charge >= 0.3 is 5.69 Å². The number of nitrogens with zero attached hydrogens (tertiary/aromatic N) is 2. The largest absolute Gasteiger partial charge is 0.497 e. The minimum atomic E-state index is -1.31. The van der Waals surface area contributed by atoms with Gasteiger partial charge in [0.15, 0.2) is 0 Å². The highest BCUT2D eigenvalue weighted by Gasteiger charge is 2.51. The standard InChI is InChI=1S/C26H28N2O7S/c1-17-12-27(25(33)28(23(17)31)24(32)19-6-4-3-5-7-19)21-13-35-26(15-29,16-30)22(21)36-14-18-8-10-20(34-2)11-9-18/h3-12,21-22,29-30H,13-16H2,1-2H3/t21-,22+/m1/s1. The number of aryl methyl sites for hydroxylation is 1. The third-order valence-corrected chi connectivity index (χ3v) is 8.00. The molecule has 10 heteroatoms. The maximum Gasteiger partial charge on any atom is 0.338 e. The average Bonchev–Trinajstić information content (AvgIpc) is 3.28. The highest BCUT2D eigenvalue weighted by molar-refractivity contribution is 7.99. The van der Waals surface area contributed by atoms with Gasteiger partial charge < -0.3 is 19.7 Å². The van der Waals surface area contributed by atoms with E-state index in [2.05, 4.69) is 0 Å². The smallest absolute Gasteiger partial charge is 0.338 e. The second-order valence-electron chi connectivity index (χ2n) is 8.65. The molecule has 0 amide bonds. The molecular weight excluding hydrogens is 484 g/mol. The molecule has 0 bridgehead atoms.